The Morgan fingerprint density at radius 3 is 2.45 bits per heavy atom. The second-order valence-electron chi connectivity index (χ2n) is 5.02. The Morgan fingerprint density at radius 1 is 1.30 bits per heavy atom. The highest BCUT2D eigenvalue weighted by atomic mass is 16.4. The van der Waals surface area contributed by atoms with Gasteiger partial charge >= 0.3 is 5.97 Å². The third kappa shape index (κ3) is 3.95. The normalized spacial score (nSPS) is 14.4. The molecule has 0 atom stereocenters. The minimum Gasteiger partial charge on any atom is -0.480 e. The van der Waals surface area contributed by atoms with E-state index in [9.17, 15) is 9.59 Å². The molecule has 0 heterocycles. The van der Waals surface area contributed by atoms with Crippen LogP contribution in [-0.2, 0) is 16.0 Å². The number of rotatable bonds is 6. The predicted octanol–water partition coefficient (Wildman–Crippen LogP) is 2.34. The summed E-state index contributed by atoms with van der Waals surface area (Å²) in [6.07, 6.45) is 5.98. The molecule has 4 nitrogen and oxygen atoms in total. The molecule has 0 aliphatic heterocycles. The summed E-state index contributed by atoms with van der Waals surface area (Å²) in [5, 5.41) is 8.83. The number of carboxylic acid groups (broad SMARTS) is 1. The van der Waals surface area contributed by atoms with Gasteiger partial charge in [-0.15, -0.1) is 0 Å². The fraction of sp³-hybridized carbons (Fsp3) is 0.375. The minimum atomic E-state index is -0.967. The van der Waals surface area contributed by atoms with E-state index in [1.54, 1.807) is 6.08 Å². The van der Waals surface area contributed by atoms with E-state index < -0.39 is 5.97 Å². The molecule has 2 rings (SSSR count). The number of aryl methyl sites for hydroxylation is 1. The van der Waals surface area contributed by atoms with Gasteiger partial charge in [0.2, 0.25) is 5.91 Å². The van der Waals surface area contributed by atoms with E-state index in [0.717, 1.165) is 24.8 Å². The molecule has 1 aliphatic carbocycles. The van der Waals surface area contributed by atoms with Crippen molar-refractivity contribution in [1.29, 1.82) is 0 Å². The number of nitrogens with zero attached hydrogens (tertiary/aromatic N) is 1. The molecule has 1 N–H and O–H groups in total. The first-order chi connectivity index (χ1) is 9.60. The van der Waals surface area contributed by atoms with Crippen molar-refractivity contribution >= 4 is 18.0 Å². The Hall–Kier alpha value is -2.10. The van der Waals surface area contributed by atoms with Crippen molar-refractivity contribution in [1.82, 2.24) is 4.90 Å². The molecule has 0 bridgehead atoms. The summed E-state index contributed by atoms with van der Waals surface area (Å²) >= 11 is 0. The summed E-state index contributed by atoms with van der Waals surface area (Å²) < 4.78 is 0. The molecule has 1 aliphatic rings. The molecule has 0 saturated heterocycles. The zero-order valence-corrected chi connectivity index (χ0v) is 11.6. The monoisotopic (exact) mass is 273 g/mol. The third-order valence-corrected chi connectivity index (χ3v) is 3.38. The number of hydrogen-bond acceptors (Lipinski definition) is 2. The van der Waals surface area contributed by atoms with Crippen LogP contribution in [0.5, 0.6) is 0 Å². The number of carboxylic acids is 1. The van der Waals surface area contributed by atoms with Crippen molar-refractivity contribution in [2.45, 2.75) is 32.2 Å². The minimum absolute atomic E-state index is 0.103. The highest BCUT2D eigenvalue weighted by Gasteiger charge is 2.32. The predicted molar refractivity (Wildman–Crippen MR) is 77.2 cm³/mol. The van der Waals surface area contributed by atoms with E-state index >= 15 is 0 Å². The summed E-state index contributed by atoms with van der Waals surface area (Å²) in [6.45, 7) is 1.87. The number of carbonyl (C=O) groups excluding carboxylic acids is 1. The smallest absolute Gasteiger partial charge is 0.323 e. The molecule has 0 aromatic heterocycles. The summed E-state index contributed by atoms with van der Waals surface area (Å²) in [5.74, 6) is -1.19. The van der Waals surface area contributed by atoms with E-state index in [4.69, 9.17) is 5.11 Å². The maximum absolute atomic E-state index is 12.0. The van der Waals surface area contributed by atoms with Gasteiger partial charge in [0.1, 0.15) is 6.54 Å². The van der Waals surface area contributed by atoms with Crippen LogP contribution in [0.2, 0.25) is 0 Å². The SMILES string of the molecule is CCc1ccc(C=CC(=O)N(CC(=O)O)C2CC2)cc1. The van der Waals surface area contributed by atoms with E-state index in [0.29, 0.717) is 0 Å². The number of hydrogen-bond donors (Lipinski definition) is 1. The number of aliphatic carboxylic acids is 1. The summed E-state index contributed by atoms with van der Waals surface area (Å²) in [7, 11) is 0. The lowest BCUT2D eigenvalue weighted by Crippen LogP contribution is -2.36. The van der Waals surface area contributed by atoms with Crippen LogP contribution in [0.15, 0.2) is 30.3 Å². The van der Waals surface area contributed by atoms with E-state index in [-0.39, 0.29) is 18.5 Å². The van der Waals surface area contributed by atoms with Crippen molar-refractivity contribution in [3.63, 3.8) is 0 Å². The van der Waals surface area contributed by atoms with Gasteiger partial charge in [0, 0.05) is 12.1 Å². The van der Waals surface area contributed by atoms with Crippen LogP contribution >= 0.6 is 0 Å². The Morgan fingerprint density at radius 2 is 1.95 bits per heavy atom. The molecule has 20 heavy (non-hydrogen) atoms. The molecule has 0 spiro atoms. The second kappa shape index (κ2) is 6.37. The molecule has 106 valence electrons. The van der Waals surface area contributed by atoms with Crippen LogP contribution in [0, 0.1) is 0 Å². The number of carbonyl (C=O) groups is 2. The van der Waals surface area contributed by atoms with Gasteiger partial charge in [-0.05, 0) is 36.5 Å². The fourth-order valence-corrected chi connectivity index (χ4v) is 2.05. The molecule has 1 aromatic carbocycles. The lowest BCUT2D eigenvalue weighted by Gasteiger charge is -2.17. The number of benzene rings is 1. The Kier molecular flexibility index (Phi) is 4.56. The number of amides is 1. The highest BCUT2D eigenvalue weighted by Crippen LogP contribution is 2.26. The Balaban J connectivity index is 2.00. The van der Waals surface area contributed by atoms with Crippen LogP contribution in [-0.4, -0.2) is 34.5 Å². The summed E-state index contributed by atoms with van der Waals surface area (Å²) in [6, 6.07) is 8.08. The quantitative estimate of drug-likeness (QED) is 0.809. The van der Waals surface area contributed by atoms with Crippen molar-refractivity contribution in [2.24, 2.45) is 0 Å². The van der Waals surface area contributed by atoms with E-state index in [1.807, 2.05) is 24.3 Å². The van der Waals surface area contributed by atoms with Gasteiger partial charge in [0.05, 0.1) is 0 Å². The second-order valence-corrected chi connectivity index (χ2v) is 5.02. The standard InChI is InChI=1S/C16H19NO3/c1-2-12-3-5-13(6-4-12)7-10-15(18)17(11-16(19)20)14-8-9-14/h3-7,10,14H,2,8-9,11H2,1H3,(H,19,20). The topological polar surface area (TPSA) is 57.6 Å². The zero-order chi connectivity index (χ0) is 14.5. The van der Waals surface area contributed by atoms with Gasteiger partial charge in [0.25, 0.3) is 0 Å². The summed E-state index contributed by atoms with van der Waals surface area (Å²) in [4.78, 5) is 24.2. The average molecular weight is 273 g/mol. The van der Waals surface area contributed by atoms with Crippen molar-refractivity contribution in [3.8, 4) is 0 Å². The average Bonchev–Trinajstić information content (AvgIpc) is 3.27. The van der Waals surface area contributed by atoms with Crippen LogP contribution in [0.25, 0.3) is 6.08 Å². The van der Waals surface area contributed by atoms with Crippen LogP contribution in [0.1, 0.15) is 30.9 Å². The van der Waals surface area contributed by atoms with Gasteiger partial charge in [-0.3, -0.25) is 9.59 Å². The molecule has 4 heteroatoms. The van der Waals surface area contributed by atoms with E-state index in [2.05, 4.69) is 6.92 Å². The molecule has 1 saturated carbocycles. The molecule has 1 amide bonds. The van der Waals surface area contributed by atoms with Gasteiger partial charge in [-0.25, -0.2) is 0 Å². The lowest BCUT2D eigenvalue weighted by atomic mass is 10.1. The first-order valence-corrected chi connectivity index (χ1v) is 6.89. The van der Waals surface area contributed by atoms with Crippen molar-refractivity contribution in [3.05, 3.63) is 41.5 Å². The highest BCUT2D eigenvalue weighted by molar-refractivity contribution is 5.94. The Labute approximate surface area is 118 Å². The van der Waals surface area contributed by atoms with Gasteiger partial charge in [0.15, 0.2) is 0 Å². The lowest BCUT2D eigenvalue weighted by molar-refractivity contribution is -0.143. The van der Waals surface area contributed by atoms with Gasteiger partial charge in [-0.2, -0.15) is 0 Å². The Bertz CT molecular complexity index is 515. The fourth-order valence-electron chi connectivity index (χ4n) is 2.05. The van der Waals surface area contributed by atoms with E-state index in [1.165, 1.54) is 16.5 Å². The largest absolute Gasteiger partial charge is 0.480 e. The van der Waals surface area contributed by atoms with Gasteiger partial charge in [-0.1, -0.05) is 31.2 Å². The van der Waals surface area contributed by atoms with Crippen LogP contribution in [0.4, 0.5) is 0 Å². The molecule has 1 fully saturated rings. The van der Waals surface area contributed by atoms with Crippen LogP contribution in [0.3, 0.4) is 0 Å². The van der Waals surface area contributed by atoms with Crippen molar-refractivity contribution in [2.75, 3.05) is 6.54 Å². The molecular formula is C16H19NO3. The first-order valence-electron chi connectivity index (χ1n) is 6.89. The molecule has 0 unspecified atom stereocenters. The van der Waals surface area contributed by atoms with Crippen LogP contribution < -0.4 is 0 Å². The van der Waals surface area contributed by atoms with Crippen molar-refractivity contribution < 1.29 is 14.7 Å². The molecular weight excluding hydrogens is 254 g/mol. The third-order valence-electron chi connectivity index (χ3n) is 3.38. The maximum atomic E-state index is 12.0. The van der Waals surface area contributed by atoms with Gasteiger partial charge < -0.3 is 10.0 Å². The molecule has 1 aromatic rings. The maximum Gasteiger partial charge on any atom is 0.323 e. The zero-order valence-electron chi connectivity index (χ0n) is 11.6. The first kappa shape index (κ1) is 14.3. The molecule has 0 radical (unpaired) electrons. The summed E-state index contributed by atoms with van der Waals surface area (Å²) in [5.41, 5.74) is 2.19.